The van der Waals surface area contributed by atoms with E-state index in [0.29, 0.717) is 27.7 Å². The molecule has 2 heterocycles. The summed E-state index contributed by atoms with van der Waals surface area (Å²) in [6.07, 6.45) is 0.250. The van der Waals surface area contributed by atoms with Gasteiger partial charge in [-0.15, -0.1) is 0 Å². The molecule has 0 unspecified atom stereocenters. The zero-order valence-corrected chi connectivity index (χ0v) is 18.9. The van der Waals surface area contributed by atoms with Crippen LogP contribution < -0.4 is 15.2 Å². The van der Waals surface area contributed by atoms with Gasteiger partial charge in [0.2, 0.25) is 0 Å². The van der Waals surface area contributed by atoms with E-state index in [1.54, 1.807) is 19.2 Å². The maximum Gasteiger partial charge on any atom is 0.387 e. The van der Waals surface area contributed by atoms with Crippen LogP contribution in [0.15, 0.2) is 36.7 Å². The Hall–Kier alpha value is -4.60. The molecular weight excluding hydrogens is 484 g/mol. The highest BCUT2D eigenvalue weighted by Crippen LogP contribution is 2.40. The average molecular weight is 502 g/mol. The zero-order valence-electron chi connectivity index (χ0n) is 18.9. The van der Waals surface area contributed by atoms with Gasteiger partial charge in [0, 0.05) is 29.8 Å². The number of rotatable bonds is 8. The van der Waals surface area contributed by atoms with Gasteiger partial charge in [0.1, 0.15) is 23.6 Å². The van der Waals surface area contributed by atoms with E-state index in [2.05, 4.69) is 21.0 Å². The number of benzene rings is 2. The number of carbonyl (C=O) groups is 1. The molecule has 9 nitrogen and oxygen atoms in total. The number of carbonyl (C=O) groups excluding carboxylic acids is 1. The molecule has 36 heavy (non-hydrogen) atoms. The predicted molar refractivity (Wildman–Crippen MR) is 120 cm³/mol. The Kier molecular flexibility index (Phi) is 6.52. The molecule has 0 radical (unpaired) electrons. The van der Waals surface area contributed by atoms with Gasteiger partial charge in [-0.05, 0) is 29.8 Å². The van der Waals surface area contributed by atoms with E-state index in [-0.39, 0.29) is 22.4 Å². The number of primary amides is 1. The molecule has 0 aliphatic rings. The lowest BCUT2D eigenvalue weighted by Crippen LogP contribution is -2.16. The number of fused-ring (bicyclic) bond motifs is 1. The van der Waals surface area contributed by atoms with Crippen molar-refractivity contribution >= 4 is 16.8 Å². The first-order chi connectivity index (χ1) is 17.1. The van der Waals surface area contributed by atoms with Crippen LogP contribution in [0.4, 0.5) is 17.6 Å². The van der Waals surface area contributed by atoms with Gasteiger partial charge in [-0.2, -0.15) is 24.2 Å². The second-order valence-corrected chi connectivity index (χ2v) is 7.64. The molecule has 186 valence electrons. The molecule has 0 fully saturated rings. The Labute approximate surface area is 201 Å². The number of hydrogen-bond acceptors (Lipinski definition) is 6. The van der Waals surface area contributed by atoms with E-state index in [4.69, 9.17) is 10.5 Å². The van der Waals surface area contributed by atoms with Crippen molar-refractivity contribution in [3.05, 3.63) is 47.8 Å². The van der Waals surface area contributed by atoms with Crippen molar-refractivity contribution < 1.29 is 31.8 Å². The van der Waals surface area contributed by atoms with Crippen molar-refractivity contribution in [2.24, 2.45) is 12.8 Å². The van der Waals surface area contributed by atoms with Crippen molar-refractivity contribution in [2.45, 2.75) is 19.6 Å². The van der Waals surface area contributed by atoms with E-state index in [1.807, 2.05) is 0 Å². The van der Waals surface area contributed by atoms with E-state index in [0.717, 1.165) is 4.68 Å². The fourth-order valence-electron chi connectivity index (χ4n) is 3.99. The van der Waals surface area contributed by atoms with Gasteiger partial charge in [-0.1, -0.05) is 0 Å². The second kappa shape index (κ2) is 9.57. The van der Waals surface area contributed by atoms with E-state index < -0.39 is 31.2 Å². The highest BCUT2D eigenvalue weighted by Gasteiger charge is 2.24. The van der Waals surface area contributed by atoms with Crippen LogP contribution in [0.5, 0.6) is 11.5 Å². The Bertz CT molecular complexity index is 1510. The fourth-order valence-corrected chi connectivity index (χ4v) is 3.99. The number of amides is 1. The van der Waals surface area contributed by atoms with Gasteiger partial charge in [0.05, 0.1) is 36.1 Å². The summed E-state index contributed by atoms with van der Waals surface area (Å²) in [5.74, 6) is -1.63. The summed E-state index contributed by atoms with van der Waals surface area (Å²) in [6.45, 7) is -3.82. The van der Waals surface area contributed by atoms with Crippen LogP contribution in [0.25, 0.3) is 33.3 Å². The molecule has 13 heteroatoms. The maximum absolute atomic E-state index is 13.1. The van der Waals surface area contributed by atoms with Crippen LogP contribution >= 0.6 is 0 Å². The largest absolute Gasteiger partial charge is 0.496 e. The lowest BCUT2D eigenvalue weighted by atomic mass is 9.98. The summed E-state index contributed by atoms with van der Waals surface area (Å²) in [7, 11) is 2.82. The number of methoxy groups -OCH3 is 1. The number of halogens is 4. The molecule has 4 rings (SSSR count). The molecule has 0 aliphatic heterocycles. The van der Waals surface area contributed by atoms with Crippen LogP contribution in [0.1, 0.15) is 15.9 Å². The minimum Gasteiger partial charge on any atom is -0.496 e. The first kappa shape index (κ1) is 24.5. The fraction of sp³-hybridized carbons (Fsp3) is 0.217. The predicted octanol–water partition coefficient (Wildman–Crippen LogP) is 3.95. The van der Waals surface area contributed by atoms with Crippen molar-refractivity contribution in [1.29, 1.82) is 5.26 Å². The highest BCUT2D eigenvalue weighted by atomic mass is 19.3. The average Bonchev–Trinajstić information content (AvgIpc) is 3.40. The van der Waals surface area contributed by atoms with Gasteiger partial charge < -0.3 is 15.2 Å². The molecule has 1 amide bonds. The molecule has 0 atom stereocenters. The third kappa shape index (κ3) is 4.52. The molecular formula is C23H18F4N6O3. The Morgan fingerprint density at radius 2 is 1.86 bits per heavy atom. The monoisotopic (exact) mass is 502 g/mol. The van der Waals surface area contributed by atoms with Gasteiger partial charge in [-0.25, -0.2) is 8.78 Å². The molecule has 0 spiro atoms. The lowest BCUT2D eigenvalue weighted by molar-refractivity contribution is -0.0502. The molecule has 4 aromatic rings. The van der Waals surface area contributed by atoms with Crippen LogP contribution in [0.2, 0.25) is 0 Å². The van der Waals surface area contributed by atoms with Crippen LogP contribution in [-0.2, 0) is 13.6 Å². The van der Waals surface area contributed by atoms with Crippen LogP contribution in [-0.4, -0.2) is 45.6 Å². The number of alkyl halides is 4. The molecule has 0 saturated carbocycles. The van der Waals surface area contributed by atoms with Crippen LogP contribution in [0, 0.1) is 11.3 Å². The van der Waals surface area contributed by atoms with E-state index in [9.17, 15) is 27.6 Å². The van der Waals surface area contributed by atoms with Gasteiger partial charge >= 0.3 is 6.61 Å². The van der Waals surface area contributed by atoms with Crippen molar-refractivity contribution in [2.75, 3.05) is 7.11 Å². The Balaban J connectivity index is 1.92. The number of hydrogen-bond donors (Lipinski definition) is 1. The number of nitriles is 1. The molecule has 2 aromatic carbocycles. The highest BCUT2D eigenvalue weighted by molar-refractivity contribution is 6.03. The van der Waals surface area contributed by atoms with E-state index >= 15 is 0 Å². The third-order valence-corrected chi connectivity index (χ3v) is 5.37. The topological polar surface area (TPSA) is 121 Å². The summed E-state index contributed by atoms with van der Waals surface area (Å²) >= 11 is 0. The lowest BCUT2D eigenvalue weighted by Gasteiger charge is -2.15. The number of nitrogens with two attached hydrogens (primary N) is 1. The third-order valence-electron chi connectivity index (χ3n) is 5.37. The normalized spacial score (nSPS) is 11.3. The number of aromatic nitrogens is 4. The standard InChI is InChI=1S/C23H18F4N6O3/c1-32-21(12-5-16(35-2)20(22(29)34)17(6-12)36-23(26)27)19-13(7-28)3-11(4-15(19)31-32)14-8-30-33(9-14)10-18(24)25/h3-6,8-9,18,23H,10H2,1-2H3,(H2,29,34). The van der Waals surface area contributed by atoms with Gasteiger partial charge in [0.15, 0.2) is 0 Å². The Morgan fingerprint density at radius 1 is 1.14 bits per heavy atom. The van der Waals surface area contributed by atoms with Crippen LogP contribution in [0.3, 0.4) is 0 Å². The van der Waals surface area contributed by atoms with Crippen molar-refractivity contribution in [3.8, 4) is 40.0 Å². The summed E-state index contributed by atoms with van der Waals surface area (Å²) in [4.78, 5) is 11.9. The molecule has 0 aliphatic carbocycles. The zero-order chi connectivity index (χ0) is 26.1. The number of nitrogens with zero attached hydrogens (tertiary/aromatic N) is 5. The first-order valence-electron chi connectivity index (χ1n) is 10.3. The van der Waals surface area contributed by atoms with Gasteiger partial charge in [-0.3, -0.25) is 14.2 Å². The summed E-state index contributed by atoms with van der Waals surface area (Å²) in [5, 5.41) is 18.6. The molecule has 2 aromatic heterocycles. The smallest absolute Gasteiger partial charge is 0.387 e. The van der Waals surface area contributed by atoms with E-state index in [1.165, 1.54) is 36.3 Å². The number of aryl methyl sites for hydroxylation is 1. The summed E-state index contributed by atoms with van der Waals surface area (Å²) in [5.41, 5.74) is 7.19. The molecule has 2 N–H and O–H groups in total. The SMILES string of the molecule is COc1cc(-c2c3c(C#N)cc(-c4cnn(CC(F)F)c4)cc3nn2C)cc(OC(F)F)c1C(N)=O. The quantitative estimate of drug-likeness (QED) is 0.364. The van der Waals surface area contributed by atoms with Crippen molar-refractivity contribution in [3.63, 3.8) is 0 Å². The summed E-state index contributed by atoms with van der Waals surface area (Å²) in [6, 6.07) is 7.87. The first-order valence-corrected chi connectivity index (χ1v) is 10.3. The minimum atomic E-state index is -3.24. The second-order valence-electron chi connectivity index (χ2n) is 7.64. The van der Waals surface area contributed by atoms with Crippen molar-refractivity contribution in [1.82, 2.24) is 19.6 Å². The Morgan fingerprint density at radius 3 is 2.47 bits per heavy atom. The summed E-state index contributed by atoms with van der Waals surface area (Å²) < 4.78 is 63.8. The van der Waals surface area contributed by atoms with Gasteiger partial charge in [0.25, 0.3) is 12.3 Å². The molecule has 0 bridgehead atoms. The maximum atomic E-state index is 13.1. The number of ether oxygens (including phenoxy) is 2. The molecule has 0 saturated heterocycles. The minimum absolute atomic E-state index is 0.105.